The van der Waals surface area contributed by atoms with Gasteiger partial charge < -0.3 is 10.6 Å². The van der Waals surface area contributed by atoms with Crippen LogP contribution in [-0.4, -0.2) is 23.9 Å². The van der Waals surface area contributed by atoms with Crippen LogP contribution >= 0.6 is 0 Å². The first-order chi connectivity index (χ1) is 9.41. The molecule has 1 fully saturated rings. The number of rotatable bonds is 3. The maximum absolute atomic E-state index is 13.7. The molecule has 1 saturated heterocycles. The molecule has 8 heteroatoms. The predicted octanol–water partition coefficient (Wildman–Crippen LogP) is 1.67. The van der Waals surface area contributed by atoms with Gasteiger partial charge in [-0.25, -0.2) is 8.78 Å². The van der Waals surface area contributed by atoms with Crippen LogP contribution in [0.5, 0.6) is 0 Å². The first-order valence-electron chi connectivity index (χ1n) is 6.05. The fourth-order valence-electron chi connectivity index (χ4n) is 2.19. The SMILES string of the molecule is CC1CNCC1C(=O)Nc1c([N+](=O)[O-])ccc(F)c1F. The number of benzene rings is 1. The molecule has 2 atom stereocenters. The predicted molar refractivity (Wildman–Crippen MR) is 67.2 cm³/mol. The quantitative estimate of drug-likeness (QED) is 0.653. The average Bonchev–Trinajstić information content (AvgIpc) is 2.81. The monoisotopic (exact) mass is 285 g/mol. The first-order valence-corrected chi connectivity index (χ1v) is 6.05. The van der Waals surface area contributed by atoms with Crippen molar-refractivity contribution in [1.29, 1.82) is 0 Å². The van der Waals surface area contributed by atoms with Crippen LogP contribution in [0.1, 0.15) is 6.92 Å². The topological polar surface area (TPSA) is 84.3 Å². The molecule has 1 aromatic carbocycles. The number of carbonyl (C=O) groups is 1. The zero-order valence-electron chi connectivity index (χ0n) is 10.7. The van der Waals surface area contributed by atoms with Gasteiger partial charge in [-0.1, -0.05) is 6.92 Å². The molecular weight excluding hydrogens is 272 g/mol. The summed E-state index contributed by atoms with van der Waals surface area (Å²) < 4.78 is 26.8. The molecule has 1 aromatic rings. The normalized spacial score (nSPS) is 21.8. The van der Waals surface area contributed by atoms with Crippen LogP contribution < -0.4 is 10.6 Å². The van der Waals surface area contributed by atoms with Crippen molar-refractivity contribution >= 4 is 17.3 Å². The van der Waals surface area contributed by atoms with Crippen LogP contribution in [0.4, 0.5) is 20.2 Å². The van der Waals surface area contributed by atoms with Crippen molar-refractivity contribution in [1.82, 2.24) is 5.32 Å². The van der Waals surface area contributed by atoms with E-state index in [0.717, 1.165) is 6.07 Å². The minimum absolute atomic E-state index is 0.0191. The number of nitro benzene ring substituents is 1. The summed E-state index contributed by atoms with van der Waals surface area (Å²) >= 11 is 0. The lowest BCUT2D eigenvalue weighted by atomic mass is 9.97. The number of amides is 1. The molecular formula is C12H13F2N3O3. The summed E-state index contributed by atoms with van der Waals surface area (Å²) in [6.45, 7) is 2.87. The maximum Gasteiger partial charge on any atom is 0.296 e. The maximum atomic E-state index is 13.7. The molecule has 0 bridgehead atoms. The van der Waals surface area contributed by atoms with E-state index in [1.54, 1.807) is 0 Å². The number of hydrogen-bond donors (Lipinski definition) is 2. The van der Waals surface area contributed by atoms with E-state index in [4.69, 9.17) is 0 Å². The summed E-state index contributed by atoms with van der Waals surface area (Å²) in [5.41, 5.74) is -1.39. The smallest absolute Gasteiger partial charge is 0.296 e. The van der Waals surface area contributed by atoms with Gasteiger partial charge >= 0.3 is 0 Å². The van der Waals surface area contributed by atoms with Crippen molar-refractivity contribution in [2.75, 3.05) is 18.4 Å². The van der Waals surface area contributed by atoms with Gasteiger partial charge in [-0.05, 0) is 18.5 Å². The summed E-state index contributed by atoms with van der Waals surface area (Å²) in [6, 6.07) is 1.48. The number of nitrogens with one attached hydrogen (secondary N) is 2. The van der Waals surface area contributed by atoms with E-state index in [0.29, 0.717) is 19.2 Å². The molecule has 2 rings (SSSR count). The molecule has 2 N–H and O–H groups in total. The molecule has 0 saturated carbocycles. The fraction of sp³-hybridized carbons (Fsp3) is 0.417. The molecule has 1 heterocycles. The lowest BCUT2D eigenvalue weighted by molar-refractivity contribution is -0.384. The molecule has 108 valence electrons. The zero-order valence-corrected chi connectivity index (χ0v) is 10.7. The molecule has 1 amide bonds. The Morgan fingerprint density at radius 3 is 2.70 bits per heavy atom. The van der Waals surface area contributed by atoms with Crippen molar-refractivity contribution in [3.05, 3.63) is 33.9 Å². The minimum Gasteiger partial charge on any atom is -0.318 e. The highest BCUT2D eigenvalue weighted by molar-refractivity contribution is 5.95. The molecule has 1 aliphatic heterocycles. The second-order valence-electron chi connectivity index (χ2n) is 4.74. The van der Waals surface area contributed by atoms with Crippen molar-refractivity contribution in [3.63, 3.8) is 0 Å². The number of halogens is 2. The second kappa shape index (κ2) is 5.49. The lowest BCUT2D eigenvalue weighted by Crippen LogP contribution is -2.28. The van der Waals surface area contributed by atoms with Gasteiger partial charge in [0.05, 0.1) is 10.8 Å². The number of nitrogens with zero attached hydrogens (tertiary/aromatic N) is 1. The third kappa shape index (κ3) is 2.60. The Hall–Kier alpha value is -2.09. The number of carbonyl (C=O) groups excluding carboxylic acids is 1. The van der Waals surface area contributed by atoms with Crippen molar-refractivity contribution in [3.8, 4) is 0 Å². The summed E-state index contributed by atoms with van der Waals surface area (Å²) in [5.74, 6) is -3.65. The van der Waals surface area contributed by atoms with Gasteiger partial charge in [0.25, 0.3) is 5.69 Å². The van der Waals surface area contributed by atoms with E-state index in [-0.39, 0.29) is 5.92 Å². The highest BCUT2D eigenvalue weighted by Crippen LogP contribution is 2.30. The van der Waals surface area contributed by atoms with Gasteiger partial charge in [0.1, 0.15) is 0 Å². The van der Waals surface area contributed by atoms with Crippen LogP contribution in [0.2, 0.25) is 0 Å². The molecule has 6 nitrogen and oxygen atoms in total. The fourth-order valence-corrected chi connectivity index (χ4v) is 2.19. The lowest BCUT2D eigenvalue weighted by Gasteiger charge is -2.14. The Bertz CT molecular complexity index is 565. The van der Waals surface area contributed by atoms with Crippen molar-refractivity contribution in [2.45, 2.75) is 6.92 Å². The Balaban J connectivity index is 2.30. The Morgan fingerprint density at radius 1 is 1.45 bits per heavy atom. The van der Waals surface area contributed by atoms with Gasteiger partial charge in [-0.3, -0.25) is 14.9 Å². The molecule has 0 aromatic heterocycles. The first kappa shape index (κ1) is 14.3. The number of anilines is 1. The second-order valence-corrected chi connectivity index (χ2v) is 4.74. The third-order valence-corrected chi connectivity index (χ3v) is 3.37. The molecule has 0 radical (unpaired) electrons. The molecule has 2 unspecified atom stereocenters. The highest BCUT2D eigenvalue weighted by atomic mass is 19.2. The summed E-state index contributed by atoms with van der Waals surface area (Å²) in [7, 11) is 0. The van der Waals surface area contributed by atoms with E-state index in [1.807, 2.05) is 6.92 Å². The number of hydrogen-bond acceptors (Lipinski definition) is 4. The van der Waals surface area contributed by atoms with Crippen LogP contribution in [0, 0.1) is 33.6 Å². The van der Waals surface area contributed by atoms with Gasteiger partial charge in [-0.2, -0.15) is 0 Å². The van der Waals surface area contributed by atoms with E-state index < -0.39 is 39.8 Å². The van der Waals surface area contributed by atoms with Gasteiger partial charge in [0, 0.05) is 12.6 Å². The largest absolute Gasteiger partial charge is 0.318 e. The van der Waals surface area contributed by atoms with Crippen LogP contribution in [0.25, 0.3) is 0 Å². The highest BCUT2D eigenvalue weighted by Gasteiger charge is 2.32. The Labute approximate surface area is 113 Å². The van der Waals surface area contributed by atoms with Gasteiger partial charge in [0.15, 0.2) is 17.3 Å². The minimum atomic E-state index is -1.42. The molecule has 20 heavy (non-hydrogen) atoms. The summed E-state index contributed by atoms with van der Waals surface area (Å²) in [5, 5.41) is 15.9. The average molecular weight is 285 g/mol. The van der Waals surface area contributed by atoms with E-state index in [1.165, 1.54) is 0 Å². The van der Waals surface area contributed by atoms with Crippen LogP contribution in [0.3, 0.4) is 0 Å². The van der Waals surface area contributed by atoms with Crippen molar-refractivity contribution in [2.24, 2.45) is 11.8 Å². The summed E-state index contributed by atoms with van der Waals surface area (Å²) in [4.78, 5) is 21.9. The molecule has 0 spiro atoms. The molecule has 0 aliphatic carbocycles. The number of nitro groups is 1. The van der Waals surface area contributed by atoms with E-state index in [9.17, 15) is 23.7 Å². The van der Waals surface area contributed by atoms with Crippen LogP contribution in [-0.2, 0) is 4.79 Å². The van der Waals surface area contributed by atoms with Gasteiger partial charge in [0.2, 0.25) is 5.91 Å². The third-order valence-electron chi connectivity index (χ3n) is 3.37. The Morgan fingerprint density at radius 2 is 2.15 bits per heavy atom. The summed E-state index contributed by atoms with van der Waals surface area (Å²) in [6.07, 6.45) is 0. The van der Waals surface area contributed by atoms with Crippen LogP contribution in [0.15, 0.2) is 12.1 Å². The molecule has 1 aliphatic rings. The Kier molecular flexibility index (Phi) is 3.93. The van der Waals surface area contributed by atoms with E-state index >= 15 is 0 Å². The zero-order chi connectivity index (χ0) is 14.9. The van der Waals surface area contributed by atoms with Gasteiger partial charge in [-0.15, -0.1) is 0 Å². The standard InChI is InChI=1S/C12H13F2N3O3/c1-6-4-15-5-7(6)12(18)16-11-9(17(19)20)3-2-8(13)10(11)14/h2-3,6-7,15H,4-5H2,1H3,(H,16,18). The van der Waals surface area contributed by atoms with Crippen molar-refractivity contribution < 1.29 is 18.5 Å². The van der Waals surface area contributed by atoms with E-state index in [2.05, 4.69) is 10.6 Å².